The van der Waals surface area contributed by atoms with Crippen molar-refractivity contribution in [2.24, 2.45) is 0 Å². The molecule has 0 aliphatic heterocycles. The molecular weight excluding hydrogens is 392 g/mol. The third-order valence-electron chi connectivity index (χ3n) is 4.37. The van der Waals surface area contributed by atoms with E-state index in [1.165, 1.54) is 5.56 Å². The van der Waals surface area contributed by atoms with E-state index in [1.807, 2.05) is 12.1 Å². The van der Waals surface area contributed by atoms with Crippen molar-refractivity contribution in [3.05, 3.63) is 81.6 Å². The van der Waals surface area contributed by atoms with Crippen LogP contribution in [0.15, 0.2) is 57.8 Å². The number of rotatable bonds is 6. The Bertz CT molecular complexity index is 986. The summed E-state index contributed by atoms with van der Waals surface area (Å²) >= 11 is 0. The number of carbonyl (C=O) groups is 1. The highest BCUT2D eigenvalue weighted by Crippen LogP contribution is 2.23. The van der Waals surface area contributed by atoms with Gasteiger partial charge in [0.1, 0.15) is 0 Å². The highest BCUT2D eigenvalue weighted by Gasteiger charge is 2.12. The molecule has 0 radical (unpaired) electrons. The third-order valence-corrected chi connectivity index (χ3v) is 4.37. The molecule has 7 nitrogen and oxygen atoms in total. The van der Waals surface area contributed by atoms with Gasteiger partial charge in [-0.1, -0.05) is 50.2 Å². The zero-order valence-corrected chi connectivity index (χ0v) is 17.4. The van der Waals surface area contributed by atoms with Crippen LogP contribution in [0.4, 0.5) is 5.69 Å². The second kappa shape index (κ2) is 9.43. The average Bonchev–Trinajstić information content (AvgIpc) is 3.10. The molecule has 3 rings (SSSR count). The van der Waals surface area contributed by atoms with Gasteiger partial charge >= 0.3 is 5.76 Å². The molecule has 0 aliphatic carbocycles. The molecule has 0 bridgehead atoms. The quantitative estimate of drug-likeness (QED) is 0.569. The van der Waals surface area contributed by atoms with Crippen LogP contribution in [-0.4, -0.2) is 16.0 Å². The van der Waals surface area contributed by atoms with E-state index in [9.17, 15) is 9.59 Å². The lowest BCUT2D eigenvalue weighted by Crippen LogP contribution is -2.23. The lowest BCUT2D eigenvalue weighted by molar-refractivity contribution is 0.0949. The first-order chi connectivity index (χ1) is 13.3. The van der Waals surface area contributed by atoms with Crippen molar-refractivity contribution in [2.45, 2.75) is 39.3 Å². The SMILES string of the molecule is CC(C)(C)c1ccc(NCc2ccc(C(=O)NCc3noc(=O)[nH]3)cc2)cc1.Cl. The maximum Gasteiger partial charge on any atom is 0.438 e. The maximum atomic E-state index is 12.2. The monoisotopic (exact) mass is 416 g/mol. The van der Waals surface area contributed by atoms with E-state index in [-0.39, 0.29) is 36.1 Å². The molecule has 0 atom stereocenters. The van der Waals surface area contributed by atoms with Crippen molar-refractivity contribution >= 4 is 24.0 Å². The fraction of sp³-hybridized carbons (Fsp3) is 0.286. The van der Waals surface area contributed by atoms with E-state index in [2.05, 4.69) is 70.3 Å². The number of hydrogen-bond donors (Lipinski definition) is 3. The van der Waals surface area contributed by atoms with Crippen LogP contribution in [-0.2, 0) is 18.5 Å². The van der Waals surface area contributed by atoms with Crippen molar-refractivity contribution in [1.29, 1.82) is 0 Å². The Morgan fingerprint density at radius 3 is 2.24 bits per heavy atom. The molecular formula is C21H25ClN4O3. The second-order valence-electron chi connectivity index (χ2n) is 7.60. The normalized spacial score (nSPS) is 10.9. The molecule has 1 amide bonds. The van der Waals surface area contributed by atoms with Crippen LogP contribution >= 0.6 is 12.4 Å². The third kappa shape index (κ3) is 6.22. The Balaban J connectivity index is 0.00000300. The number of hydrogen-bond acceptors (Lipinski definition) is 5. The van der Waals surface area contributed by atoms with Crippen LogP contribution in [0.3, 0.4) is 0 Å². The summed E-state index contributed by atoms with van der Waals surface area (Å²) in [6.07, 6.45) is 0. The van der Waals surface area contributed by atoms with Crippen LogP contribution < -0.4 is 16.4 Å². The van der Waals surface area contributed by atoms with Crippen molar-refractivity contribution in [3.8, 4) is 0 Å². The summed E-state index contributed by atoms with van der Waals surface area (Å²) in [6, 6.07) is 15.8. The lowest BCUT2D eigenvalue weighted by atomic mass is 9.87. The number of halogens is 1. The van der Waals surface area contributed by atoms with Crippen molar-refractivity contribution < 1.29 is 9.32 Å². The summed E-state index contributed by atoms with van der Waals surface area (Å²) in [4.78, 5) is 25.4. The van der Waals surface area contributed by atoms with Gasteiger partial charge in [0.25, 0.3) is 5.91 Å². The van der Waals surface area contributed by atoms with Crippen LogP contribution in [0.25, 0.3) is 0 Å². The van der Waals surface area contributed by atoms with Gasteiger partial charge in [0, 0.05) is 17.8 Å². The molecule has 3 aromatic rings. The molecule has 1 heterocycles. The number of nitrogens with zero attached hydrogens (tertiary/aromatic N) is 1. The first kappa shape index (κ1) is 22.2. The minimum atomic E-state index is -0.644. The Kier molecular flexibility index (Phi) is 7.23. The van der Waals surface area contributed by atoms with Gasteiger partial charge in [-0.3, -0.25) is 14.3 Å². The summed E-state index contributed by atoms with van der Waals surface area (Å²) in [5.74, 6) is -0.619. The van der Waals surface area contributed by atoms with Gasteiger partial charge in [0.2, 0.25) is 0 Å². The van der Waals surface area contributed by atoms with E-state index in [0.29, 0.717) is 12.1 Å². The van der Waals surface area contributed by atoms with Crippen LogP contribution in [0.5, 0.6) is 0 Å². The first-order valence-electron chi connectivity index (χ1n) is 9.08. The predicted octanol–water partition coefficient (Wildman–Crippen LogP) is 3.62. The molecule has 0 saturated heterocycles. The van der Waals surface area contributed by atoms with Crippen LogP contribution in [0.2, 0.25) is 0 Å². The molecule has 0 fully saturated rings. The van der Waals surface area contributed by atoms with Gasteiger partial charge in [-0.25, -0.2) is 4.79 Å². The van der Waals surface area contributed by atoms with Gasteiger partial charge in [0.15, 0.2) is 5.82 Å². The summed E-state index contributed by atoms with van der Waals surface area (Å²) in [5.41, 5.74) is 4.08. The summed E-state index contributed by atoms with van der Waals surface area (Å²) in [7, 11) is 0. The predicted molar refractivity (Wildman–Crippen MR) is 114 cm³/mol. The molecule has 0 spiro atoms. The maximum absolute atomic E-state index is 12.2. The molecule has 1 aromatic heterocycles. The number of carbonyl (C=O) groups excluding carboxylic acids is 1. The molecule has 0 unspecified atom stereocenters. The topological polar surface area (TPSA) is 100 Å². The fourth-order valence-electron chi connectivity index (χ4n) is 2.67. The lowest BCUT2D eigenvalue weighted by Gasteiger charge is -2.19. The van der Waals surface area contributed by atoms with E-state index >= 15 is 0 Å². The Hall–Kier alpha value is -3.06. The number of nitrogens with one attached hydrogen (secondary N) is 3. The number of H-pyrrole nitrogens is 1. The molecule has 0 saturated carbocycles. The standard InChI is InChI=1S/C21H24N4O3.ClH/c1-21(2,3)16-8-10-17(11-9-16)22-12-14-4-6-15(7-5-14)19(26)23-13-18-24-20(27)28-25-18;/h4-11,22H,12-13H2,1-3H3,(H,23,26)(H,24,25,27);1H. The van der Waals surface area contributed by atoms with E-state index in [0.717, 1.165) is 11.3 Å². The Morgan fingerprint density at radius 2 is 1.69 bits per heavy atom. The molecule has 154 valence electrons. The largest absolute Gasteiger partial charge is 0.438 e. The Morgan fingerprint density at radius 1 is 1.03 bits per heavy atom. The number of aromatic amines is 1. The van der Waals surface area contributed by atoms with Crippen LogP contribution in [0.1, 0.15) is 48.1 Å². The highest BCUT2D eigenvalue weighted by atomic mass is 35.5. The fourth-order valence-corrected chi connectivity index (χ4v) is 2.67. The van der Waals surface area contributed by atoms with Gasteiger partial charge in [0.05, 0.1) is 6.54 Å². The summed E-state index contributed by atoms with van der Waals surface area (Å²) in [5, 5.41) is 9.56. The molecule has 8 heteroatoms. The van der Waals surface area contributed by atoms with Gasteiger partial charge < -0.3 is 10.6 Å². The number of aromatic nitrogens is 2. The van der Waals surface area contributed by atoms with Gasteiger partial charge in [-0.15, -0.1) is 12.4 Å². The van der Waals surface area contributed by atoms with Gasteiger partial charge in [-0.05, 0) is 40.8 Å². The zero-order valence-electron chi connectivity index (χ0n) is 16.6. The van der Waals surface area contributed by atoms with Crippen molar-refractivity contribution in [3.63, 3.8) is 0 Å². The first-order valence-corrected chi connectivity index (χ1v) is 9.08. The molecule has 0 aliphatic rings. The Labute approximate surface area is 175 Å². The number of amides is 1. The van der Waals surface area contributed by atoms with E-state index < -0.39 is 5.76 Å². The van der Waals surface area contributed by atoms with E-state index in [4.69, 9.17) is 0 Å². The molecule has 3 N–H and O–H groups in total. The average molecular weight is 417 g/mol. The summed E-state index contributed by atoms with van der Waals surface area (Å²) < 4.78 is 4.39. The van der Waals surface area contributed by atoms with Crippen molar-refractivity contribution in [1.82, 2.24) is 15.5 Å². The minimum Gasteiger partial charge on any atom is -0.381 e. The summed E-state index contributed by atoms with van der Waals surface area (Å²) in [6.45, 7) is 7.34. The van der Waals surface area contributed by atoms with Gasteiger partial charge in [-0.2, -0.15) is 0 Å². The smallest absolute Gasteiger partial charge is 0.381 e. The number of anilines is 1. The highest BCUT2D eigenvalue weighted by molar-refractivity contribution is 5.94. The minimum absolute atomic E-state index is 0. The molecule has 2 aromatic carbocycles. The second-order valence-corrected chi connectivity index (χ2v) is 7.60. The van der Waals surface area contributed by atoms with Crippen LogP contribution in [0, 0.1) is 0 Å². The molecule has 29 heavy (non-hydrogen) atoms. The van der Waals surface area contributed by atoms with E-state index in [1.54, 1.807) is 12.1 Å². The zero-order chi connectivity index (χ0) is 20.1. The number of benzene rings is 2. The van der Waals surface area contributed by atoms with Crippen molar-refractivity contribution in [2.75, 3.05) is 5.32 Å².